The van der Waals surface area contributed by atoms with E-state index in [0.29, 0.717) is 24.4 Å². The quantitative estimate of drug-likeness (QED) is 0.886. The summed E-state index contributed by atoms with van der Waals surface area (Å²) in [5.74, 6) is 0. The fraction of sp³-hybridized carbons (Fsp3) is 0.500. The Morgan fingerprint density at radius 3 is 2.60 bits per heavy atom. The second-order valence-electron chi connectivity index (χ2n) is 6.80. The predicted octanol–water partition coefficient (Wildman–Crippen LogP) is 2.50. The third-order valence-corrected chi connectivity index (χ3v) is 6.23. The van der Waals surface area contributed by atoms with Gasteiger partial charge in [-0.1, -0.05) is 24.3 Å². The molecular weight excluding hydrogens is 338 g/mol. The van der Waals surface area contributed by atoms with E-state index in [1.807, 2.05) is 32.0 Å². The zero-order valence-electron chi connectivity index (χ0n) is 15.1. The molecule has 1 aromatic carbocycles. The van der Waals surface area contributed by atoms with Gasteiger partial charge in [0.1, 0.15) is 4.90 Å². The van der Waals surface area contributed by atoms with Gasteiger partial charge in [0, 0.05) is 19.0 Å². The van der Waals surface area contributed by atoms with Crippen LogP contribution in [0, 0.1) is 13.8 Å². The van der Waals surface area contributed by atoms with Gasteiger partial charge in [-0.2, -0.15) is 5.10 Å². The Balaban J connectivity index is 1.73. The van der Waals surface area contributed by atoms with E-state index in [1.54, 1.807) is 18.5 Å². The summed E-state index contributed by atoms with van der Waals surface area (Å²) in [5.41, 5.74) is 3.58. The van der Waals surface area contributed by atoms with Crippen LogP contribution in [-0.2, 0) is 27.8 Å². The van der Waals surface area contributed by atoms with Crippen molar-refractivity contribution in [3.63, 3.8) is 0 Å². The van der Waals surface area contributed by atoms with E-state index >= 15 is 0 Å². The second kappa shape index (κ2) is 6.90. The highest BCUT2D eigenvalue weighted by atomic mass is 32.2. The second-order valence-corrected chi connectivity index (χ2v) is 8.50. The van der Waals surface area contributed by atoms with Crippen LogP contribution in [0.5, 0.6) is 0 Å². The third-order valence-electron chi connectivity index (χ3n) is 4.56. The first-order valence-electron chi connectivity index (χ1n) is 8.53. The van der Waals surface area contributed by atoms with Gasteiger partial charge in [0.05, 0.1) is 24.1 Å². The number of benzene rings is 1. The molecule has 1 aliphatic heterocycles. The van der Waals surface area contributed by atoms with Crippen molar-refractivity contribution in [2.24, 2.45) is 0 Å². The predicted molar refractivity (Wildman–Crippen MR) is 96.0 cm³/mol. The standard InChI is InChI=1S/C18H25N3O3S/c1-12(2)21-14(4)18(13(3)20-21)25(22,23)19-10-17-9-15-7-5-6-8-16(15)11-24-17/h5-8,12,17,19H,9-11H2,1-4H3. The number of aromatic nitrogens is 2. The minimum atomic E-state index is -3.62. The number of hydrogen-bond donors (Lipinski definition) is 1. The summed E-state index contributed by atoms with van der Waals surface area (Å²) < 4.78 is 35.8. The Morgan fingerprint density at radius 2 is 1.96 bits per heavy atom. The van der Waals surface area contributed by atoms with Crippen molar-refractivity contribution in [3.8, 4) is 0 Å². The number of fused-ring (bicyclic) bond motifs is 1. The van der Waals surface area contributed by atoms with Crippen LogP contribution in [-0.4, -0.2) is 30.8 Å². The average Bonchev–Trinajstić information content (AvgIpc) is 2.88. The summed E-state index contributed by atoms with van der Waals surface area (Å²) in [6.07, 6.45) is 0.549. The maximum Gasteiger partial charge on any atom is 0.244 e. The summed E-state index contributed by atoms with van der Waals surface area (Å²) in [7, 11) is -3.62. The molecule has 1 aromatic heterocycles. The van der Waals surface area contributed by atoms with Gasteiger partial charge in [-0.3, -0.25) is 4.68 Å². The van der Waals surface area contributed by atoms with E-state index in [1.165, 1.54) is 11.1 Å². The van der Waals surface area contributed by atoms with Gasteiger partial charge >= 0.3 is 0 Å². The van der Waals surface area contributed by atoms with Crippen molar-refractivity contribution in [1.82, 2.24) is 14.5 Å². The first-order valence-corrected chi connectivity index (χ1v) is 10.0. The van der Waals surface area contributed by atoms with Gasteiger partial charge in [0.25, 0.3) is 0 Å². The molecule has 3 rings (SSSR count). The SMILES string of the molecule is Cc1nn(C(C)C)c(C)c1S(=O)(=O)NCC1Cc2ccccc2CO1. The van der Waals surface area contributed by atoms with Gasteiger partial charge in [-0.05, 0) is 38.8 Å². The van der Waals surface area contributed by atoms with Crippen LogP contribution < -0.4 is 4.72 Å². The lowest BCUT2D eigenvalue weighted by Crippen LogP contribution is -2.37. The third kappa shape index (κ3) is 3.63. The fourth-order valence-electron chi connectivity index (χ4n) is 3.35. The molecular formula is C18H25N3O3S. The lowest BCUT2D eigenvalue weighted by Gasteiger charge is -2.25. The molecule has 0 spiro atoms. The van der Waals surface area contributed by atoms with Crippen molar-refractivity contribution >= 4 is 10.0 Å². The molecule has 0 saturated heterocycles. The molecule has 0 saturated carbocycles. The number of ether oxygens (including phenoxy) is 1. The minimum absolute atomic E-state index is 0.112. The van der Waals surface area contributed by atoms with E-state index in [4.69, 9.17) is 4.74 Å². The van der Waals surface area contributed by atoms with Crippen LogP contribution in [0.3, 0.4) is 0 Å². The zero-order valence-corrected chi connectivity index (χ0v) is 15.9. The van der Waals surface area contributed by atoms with Gasteiger partial charge < -0.3 is 4.74 Å². The molecule has 136 valence electrons. The molecule has 1 unspecified atom stereocenters. The number of nitrogens with one attached hydrogen (secondary N) is 1. The highest BCUT2D eigenvalue weighted by Crippen LogP contribution is 2.23. The normalized spacial score (nSPS) is 17.7. The monoisotopic (exact) mass is 363 g/mol. The molecule has 7 heteroatoms. The Labute approximate surface area is 149 Å². The summed E-state index contributed by atoms with van der Waals surface area (Å²) in [4.78, 5) is 0.275. The van der Waals surface area contributed by atoms with E-state index < -0.39 is 10.0 Å². The Morgan fingerprint density at radius 1 is 1.28 bits per heavy atom. The molecule has 0 aliphatic carbocycles. The summed E-state index contributed by atoms with van der Waals surface area (Å²) >= 11 is 0. The smallest absolute Gasteiger partial charge is 0.244 e. The highest BCUT2D eigenvalue weighted by Gasteiger charge is 2.27. The molecule has 0 amide bonds. The first kappa shape index (κ1) is 18.1. The molecule has 2 aromatic rings. The molecule has 0 bridgehead atoms. The van der Waals surface area contributed by atoms with Gasteiger partial charge in [0.2, 0.25) is 10.0 Å². The largest absolute Gasteiger partial charge is 0.372 e. The topological polar surface area (TPSA) is 73.2 Å². The number of rotatable bonds is 5. The molecule has 0 fully saturated rings. The molecule has 2 heterocycles. The first-order chi connectivity index (χ1) is 11.8. The number of hydrogen-bond acceptors (Lipinski definition) is 4. The molecule has 25 heavy (non-hydrogen) atoms. The van der Waals surface area contributed by atoms with E-state index in [2.05, 4.69) is 15.9 Å². The minimum Gasteiger partial charge on any atom is -0.372 e. The van der Waals surface area contributed by atoms with E-state index in [9.17, 15) is 8.42 Å². The molecule has 1 atom stereocenters. The number of sulfonamides is 1. The average molecular weight is 363 g/mol. The lowest BCUT2D eigenvalue weighted by atomic mass is 9.99. The van der Waals surface area contributed by atoms with Gasteiger partial charge in [-0.25, -0.2) is 13.1 Å². The molecule has 1 aliphatic rings. The summed E-state index contributed by atoms with van der Waals surface area (Å²) in [6.45, 7) is 8.26. The van der Waals surface area contributed by atoms with Crippen molar-refractivity contribution in [1.29, 1.82) is 0 Å². The van der Waals surface area contributed by atoms with Gasteiger partial charge in [-0.15, -0.1) is 0 Å². The van der Waals surface area contributed by atoms with Crippen molar-refractivity contribution in [2.45, 2.75) is 57.8 Å². The van der Waals surface area contributed by atoms with Crippen molar-refractivity contribution < 1.29 is 13.2 Å². The summed E-state index contributed by atoms with van der Waals surface area (Å²) in [6, 6.07) is 8.21. The van der Waals surface area contributed by atoms with Gasteiger partial charge in [0.15, 0.2) is 0 Å². The van der Waals surface area contributed by atoms with E-state index in [-0.39, 0.29) is 23.6 Å². The Hall–Kier alpha value is -1.70. The highest BCUT2D eigenvalue weighted by molar-refractivity contribution is 7.89. The molecule has 0 radical (unpaired) electrons. The number of aryl methyl sites for hydroxylation is 1. The van der Waals surface area contributed by atoms with Crippen LogP contribution in [0.4, 0.5) is 0 Å². The maximum absolute atomic E-state index is 12.8. The number of nitrogens with zero attached hydrogens (tertiary/aromatic N) is 2. The van der Waals surface area contributed by atoms with Crippen molar-refractivity contribution in [2.75, 3.05) is 6.54 Å². The van der Waals surface area contributed by atoms with Crippen LogP contribution in [0.1, 0.15) is 42.4 Å². The summed E-state index contributed by atoms with van der Waals surface area (Å²) in [5, 5.41) is 4.37. The van der Waals surface area contributed by atoms with E-state index in [0.717, 1.165) is 0 Å². The van der Waals surface area contributed by atoms with Crippen LogP contribution in [0.25, 0.3) is 0 Å². The molecule has 6 nitrogen and oxygen atoms in total. The van der Waals surface area contributed by atoms with Crippen LogP contribution >= 0.6 is 0 Å². The lowest BCUT2D eigenvalue weighted by molar-refractivity contribution is 0.0322. The zero-order chi connectivity index (χ0) is 18.2. The van der Waals surface area contributed by atoms with Crippen LogP contribution in [0.15, 0.2) is 29.2 Å². The fourth-order valence-corrected chi connectivity index (χ4v) is 4.82. The Kier molecular flexibility index (Phi) is 4.99. The van der Waals surface area contributed by atoms with Crippen LogP contribution in [0.2, 0.25) is 0 Å². The maximum atomic E-state index is 12.8. The van der Waals surface area contributed by atoms with Crippen molar-refractivity contribution in [3.05, 3.63) is 46.8 Å². The molecule has 1 N–H and O–H groups in total. The Bertz CT molecular complexity index is 872.